The van der Waals surface area contributed by atoms with Crippen molar-refractivity contribution in [3.05, 3.63) is 29.7 Å². The summed E-state index contributed by atoms with van der Waals surface area (Å²) < 4.78 is 10.4. The van der Waals surface area contributed by atoms with Gasteiger partial charge in [0.25, 0.3) is 5.91 Å². The van der Waals surface area contributed by atoms with Crippen LogP contribution in [-0.4, -0.2) is 29.1 Å². The summed E-state index contributed by atoms with van der Waals surface area (Å²) in [6.07, 6.45) is 3.68. The highest BCUT2D eigenvalue weighted by atomic mass is 16.5. The molecule has 3 heterocycles. The van der Waals surface area contributed by atoms with Crippen molar-refractivity contribution in [2.24, 2.45) is 0 Å². The van der Waals surface area contributed by atoms with Gasteiger partial charge >= 0.3 is 0 Å². The fourth-order valence-electron chi connectivity index (χ4n) is 2.28. The van der Waals surface area contributed by atoms with Crippen molar-refractivity contribution in [1.82, 2.24) is 10.1 Å². The van der Waals surface area contributed by atoms with Gasteiger partial charge < -0.3 is 13.8 Å². The zero-order chi connectivity index (χ0) is 12.5. The lowest BCUT2D eigenvalue weighted by Gasteiger charge is -2.14. The van der Waals surface area contributed by atoms with E-state index in [2.05, 4.69) is 5.16 Å². The van der Waals surface area contributed by atoms with Crippen LogP contribution in [0.25, 0.3) is 11.5 Å². The number of aryl methyl sites for hydroxylation is 1. The van der Waals surface area contributed by atoms with E-state index in [0.717, 1.165) is 25.9 Å². The summed E-state index contributed by atoms with van der Waals surface area (Å²) in [5.41, 5.74) is 1.02. The maximum atomic E-state index is 12.4. The number of carbonyl (C=O) groups excluding carboxylic acids is 1. The summed E-state index contributed by atoms with van der Waals surface area (Å²) in [5.74, 6) is 1.09. The molecule has 0 N–H and O–H groups in total. The Morgan fingerprint density at radius 2 is 2.17 bits per heavy atom. The van der Waals surface area contributed by atoms with Crippen LogP contribution in [0, 0.1) is 6.92 Å². The van der Waals surface area contributed by atoms with Crippen molar-refractivity contribution < 1.29 is 13.7 Å². The highest BCUT2D eigenvalue weighted by molar-refractivity contribution is 6.00. The largest absolute Gasteiger partial charge is 0.463 e. The Hall–Kier alpha value is -2.04. The third kappa shape index (κ3) is 1.72. The molecule has 1 aliphatic rings. The molecule has 0 spiro atoms. The number of hydrogen-bond donors (Lipinski definition) is 0. The molecule has 3 rings (SSSR count). The monoisotopic (exact) mass is 246 g/mol. The molecule has 1 amide bonds. The van der Waals surface area contributed by atoms with Gasteiger partial charge in [0.1, 0.15) is 11.3 Å². The second-order valence-corrected chi connectivity index (χ2v) is 4.44. The Morgan fingerprint density at radius 1 is 1.39 bits per heavy atom. The van der Waals surface area contributed by atoms with E-state index in [-0.39, 0.29) is 5.91 Å². The number of likely N-dealkylation sites (tertiary alicyclic amines) is 1. The number of nitrogens with zero attached hydrogens (tertiary/aromatic N) is 2. The Morgan fingerprint density at radius 3 is 2.83 bits per heavy atom. The Balaban J connectivity index is 2.00. The SMILES string of the molecule is Cc1onc(-c2ccco2)c1C(=O)N1CCCC1. The summed E-state index contributed by atoms with van der Waals surface area (Å²) >= 11 is 0. The lowest BCUT2D eigenvalue weighted by Crippen LogP contribution is -2.28. The van der Waals surface area contributed by atoms with Gasteiger partial charge in [0.15, 0.2) is 11.5 Å². The van der Waals surface area contributed by atoms with Gasteiger partial charge in [0.05, 0.1) is 6.26 Å². The van der Waals surface area contributed by atoms with E-state index in [1.165, 1.54) is 0 Å². The van der Waals surface area contributed by atoms with Crippen molar-refractivity contribution in [1.29, 1.82) is 0 Å². The molecule has 0 saturated carbocycles. The maximum absolute atomic E-state index is 12.4. The minimum Gasteiger partial charge on any atom is -0.463 e. The summed E-state index contributed by atoms with van der Waals surface area (Å²) in [4.78, 5) is 14.3. The number of carbonyl (C=O) groups is 1. The number of aromatic nitrogens is 1. The van der Waals surface area contributed by atoms with Gasteiger partial charge in [-0.05, 0) is 31.9 Å². The first-order valence-electron chi connectivity index (χ1n) is 6.07. The van der Waals surface area contributed by atoms with Gasteiger partial charge in [0, 0.05) is 13.1 Å². The minimum atomic E-state index is -0.0161. The molecule has 0 aromatic carbocycles. The van der Waals surface area contributed by atoms with Crippen molar-refractivity contribution in [2.75, 3.05) is 13.1 Å². The molecule has 1 fully saturated rings. The molecule has 0 atom stereocenters. The highest BCUT2D eigenvalue weighted by Gasteiger charge is 2.28. The van der Waals surface area contributed by atoms with Crippen LogP contribution < -0.4 is 0 Å². The summed E-state index contributed by atoms with van der Waals surface area (Å²) in [6, 6.07) is 3.54. The van der Waals surface area contributed by atoms with Gasteiger partial charge in [-0.1, -0.05) is 5.16 Å². The molecule has 0 radical (unpaired) electrons. The van der Waals surface area contributed by atoms with Crippen molar-refractivity contribution in [2.45, 2.75) is 19.8 Å². The first kappa shape index (κ1) is 11.1. The van der Waals surface area contributed by atoms with Gasteiger partial charge in [-0.25, -0.2) is 0 Å². The number of furan rings is 1. The third-order valence-corrected chi connectivity index (χ3v) is 3.22. The minimum absolute atomic E-state index is 0.0161. The molecule has 1 aliphatic heterocycles. The second kappa shape index (κ2) is 4.33. The van der Waals surface area contributed by atoms with E-state index in [4.69, 9.17) is 8.94 Å². The smallest absolute Gasteiger partial charge is 0.259 e. The highest BCUT2D eigenvalue weighted by Crippen LogP contribution is 2.27. The van der Waals surface area contributed by atoms with E-state index in [1.807, 2.05) is 4.90 Å². The van der Waals surface area contributed by atoms with Crippen LogP contribution in [0.1, 0.15) is 29.0 Å². The molecule has 94 valence electrons. The zero-order valence-electron chi connectivity index (χ0n) is 10.2. The van der Waals surface area contributed by atoms with Gasteiger partial charge in [-0.2, -0.15) is 0 Å². The van der Waals surface area contributed by atoms with Gasteiger partial charge in [-0.15, -0.1) is 0 Å². The Bertz CT molecular complexity index is 551. The van der Waals surface area contributed by atoms with E-state index >= 15 is 0 Å². The van der Waals surface area contributed by atoms with Crippen molar-refractivity contribution >= 4 is 5.91 Å². The van der Waals surface area contributed by atoms with E-state index in [0.29, 0.717) is 22.8 Å². The molecular weight excluding hydrogens is 232 g/mol. The summed E-state index contributed by atoms with van der Waals surface area (Å²) in [7, 11) is 0. The molecule has 2 aromatic rings. The molecule has 5 nitrogen and oxygen atoms in total. The zero-order valence-corrected chi connectivity index (χ0v) is 10.2. The molecule has 0 aliphatic carbocycles. The van der Waals surface area contributed by atoms with Crippen LogP contribution in [0.4, 0.5) is 0 Å². The van der Waals surface area contributed by atoms with Crippen LogP contribution in [0.2, 0.25) is 0 Å². The lowest BCUT2D eigenvalue weighted by molar-refractivity contribution is 0.0791. The van der Waals surface area contributed by atoms with Crippen LogP contribution in [0.3, 0.4) is 0 Å². The molecule has 2 aromatic heterocycles. The predicted molar refractivity (Wildman–Crippen MR) is 64.1 cm³/mol. The van der Waals surface area contributed by atoms with Crippen LogP contribution >= 0.6 is 0 Å². The Labute approximate surface area is 104 Å². The fraction of sp³-hybridized carbons (Fsp3) is 0.385. The maximum Gasteiger partial charge on any atom is 0.259 e. The van der Waals surface area contributed by atoms with Crippen molar-refractivity contribution in [3.8, 4) is 11.5 Å². The molecular formula is C13H14N2O3. The summed E-state index contributed by atoms with van der Waals surface area (Å²) in [5, 5.41) is 3.93. The molecule has 1 saturated heterocycles. The lowest BCUT2D eigenvalue weighted by atomic mass is 10.1. The first-order chi connectivity index (χ1) is 8.77. The normalized spacial score (nSPS) is 15.3. The molecule has 5 heteroatoms. The average molecular weight is 246 g/mol. The van der Waals surface area contributed by atoms with Crippen LogP contribution in [-0.2, 0) is 0 Å². The third-order valence-electron chi connectivity index (χ3n) is 3.22. The number of amides is 1. The standard InChI is InChI=1S/C13H14N2O3/c1-9-11(13(16)15-6-2-3-7-15)12(14-18-9)10-5-4-8-17-10/h4-5,8H,2-3,6-7H2,1H3. The predicted octanol–water partition coefficient (Wildman–Crippen LogP) is 2.48. The topological polar surface area (TPSA) is 59.5 Å². The number of hydrogen-bond acceptors (Lipinski definition) is 4. The Kier molecular flexibility index (Phi) is 2.66. The van der Waals surface area contributed by atoms with E-state index < -0.39 is 0 Å². The molecule has 18 heavy (non-hydrogen) atoms. The fourth-order valence-corrected chi connectivity index (χ4v) is 2.28. The first-order valence-corrected chi connectivity index (χ1v) is 6.07. The quantitative estimate of drug-likeness (QED) is 0.816. The van der Waals surface area contributed by atoms with Crippen LogP contribution in [0.15, 0.2) is 27.3 Å². The average Bonchev–Trinajstić information content (AvgIpc) is 3.10. The molecule has 0 bridgehead atoms. The van der Waals surface area contributed by atoms with Crippen LogP contribution in [0.5, 0.6) is 0 Å². The molecule has 0 unspecified atom stereocenters. The van der Waals surface area contributed by atoms with Gasteiger partial charge in [-0.3, -0.25) is 4.79 Å². The van der Waals surface area contributed by atoms with Crippen molar-refractivity contribution in [3.63, 3.8) is 0 Å². The van der Waals surface area contributed by atoms with E-state index in [9.17, 15) is 4.79 Å². The second-order valence-electron chi connectivity index (χ2n) is 4.44. The summed E-state index contributed by atoms with van der Waals surface area (Å²) in [6.45, 7) is 3.37. The van der Waals surface area contributed by atoms with Gasteiger partial charge in [0.2, 0.25) is 0 Å². The number of rotatable bonds is 2. The van der Waals surface area contributed by atoms with E-state index in [1.54, 1.807) is 25.3 Å².